The molecule has 0 aliphatic carbocycles. The quantitative estimate of drug-likeness (QED) is 0.704. The Balaban J connectivity index is 1.94. The average Bonchev–Trinajstić information content (AvgIpc) is 2.67. The highest BCUT2D eigenvalue weighted by Crippen LogP contribution is 2.17. The van der Waals surface area contributed by atoms with Crippen LogP contribution in [0.1, 0.15) is 20.7 Å². The number of pyridine rings is 1. The van der Waals surface area contributed by atoms with Gasteiger partial charge >= 0.3 is 5.97 Å². The Bertz CT molecular complexity index is 1060. The second-order valence-electron chi connectivity index (χ2n) is 5.47. The average molecular weight is 352 g/mol. The van der Waals surface area contributed by atoms with Crippen LogP contribution in [0.15, 0.2) is 53.5 Å². The van der Waals surface area contributed by atoms with Crippen LogP contribution in [-0.2, 0) is 4.74 Å². The van der Waals surface area contributed by atoms with E-state index in [0.717, 1.165) is 0 Å². The minimum atomic E-state index is -0.585. The van der Waals surface area contributed by atoms with E-state index in [9.17, 15) is 14.4 Å². The van der Waals surface area contributed by atoms with Crippen molar-refractivity contribution in [2.75, 3.05) is 19.5 Å². The van der Waals surface area contributed by atoms with Gasteiger partial charge in [-0.15, -0.1) is 0 Å². The van der Waals surface area contributed by atoms with E-state index in [1.807, 2.05) is 0 Å². The summed E-state index contributed by atoms with van der Waals surface area (Å²) in [5.74, 6) is -0.582. The van der Waals surface area contributed by atoms with Gasteiger partial charge in [-0.05, 0) is 36.4 Å². The lowest BCUT2D eigenvalue weighted by molar-refractivity contribution is 0.0600. The minimum absolute atomic E-state index is 0.0470. The van der Waals surface area contributed by atoms with Crippen LogP contribution in [0.5, 0.6) is 5.75 Å². The third kappa shape index (κ3) is 3.27. The van der Waals surface area contributed by atoms with Crippen molar-refractivity contribution in [1.29, 1.82) is 0 Å². The summed E-state index contributed by atoms with van der Waals surface area (Å²) in [4.78, 5) is 39.7. The maximum absolute atomic E-state index is 12.6. The predicted octanol–water partition coefficient (Wildman–Crippen LogP) is 2.58. The van der Waals surface area contributed by atoms with Crippen LogP contribution >= 0.6 is 0 Å². The highest BCUT2D eigenvalue weighted by molar-refractivity contribution is 6.06. The first-order chi connectivity index (χ1) is 12.5. The lowest BCUT2D eigenvalue weighted by atomic mass is 10.1. The molecule has 132 valence electrons. The highest BCUT2D eigenvalue weighted by Gasteiger charge is 2.15. The number of fused-ring (bicyclic) bond motifs is 1. The van der Waals surface area contributed by atoms with Crippen LogP contribution in [0.3, 0.4) is 0 Å². The van der Waals surface area contributed by atoms with Gasteiger partial charge in [0.25, 0.3) is 5.91 Å². The van der Waals surface area contributed by atoms with E-state index in [4.69, 9.17) is 4.74 Å². The fourth-order valence-corrected chi connectivity index (χ4v) is 2.53. The number of aromatic amines is 1. The molecule has 0 atom stereocenters. The molecule has 0 radical (unpaired) electrons. The third-order valence-electron chi connectivity index (χ3n) is 3.87. The molecule has 3 rings (SSSR count). The van der Waals surface area contributed by atoms with Gasteiger partial charge in [-0.2, -0.15) is 0 Å². The van der Waals surface area contributed by atoms with E-state index in [1.54, 1.807) is 36.4 Å². The van der Waals surface area contributed by atoms with Crippen LogP contribution in [0, 0.1) is 0 Å². The molecular weight excluding hydrogens is 336 g/mol. The van der Waals surface area contributed by atoms with Crippen molar-refractivity contribution in [3.05, 3.63) is 70.0 Å². The van der Waals surface area contributed by atoms with E-state index >= 15 is 0 Å². The Morgan fingerprint density at radius 2 is 1.88 bits per heavy atom. The molecule has 3 aromatic rings. The standard InChI is InChI=1S/C19H16N2O5/c1-25-13-6-7-16-14(9-13)17(22)15(10-20-16)18(23)21-12-5-3-4-11(8-12)19(24)26-2/h3-10H,1-2H3,(H,20,22)(H,21,23). The molecule has 2 aromatic carbocycles. The summed E-state index contributed by atoms with van der Waals surface area (Å²) < 4.78 is 9.77. The number of benzene rings is 2. The van der Waals surface area contributed by atoms with Crippen LogP contribution in [-0.4, -0.2) is 31.1 Å². The maximum Gasteiger partial charge on any atom is 0.337 e. The number of carbonyl (C=O) groups excluding carboxylic acids is 2. The first-order valence-corrected chi connectivity index (χ1v) is 7.72. The molecule has 26 heavy (non-hydrogen) atoms. The monoisotopic (exact) mass is 352 g/mol. The molecule has 1 amide bonds. The largest absolute Gasteiger partial charge is 0.497 e. The third-order valence-corrected chi connectivity index (χ3v) is 3.87. The van der Waals surface area contributed by atoms with Gasteiger partial charge in [-0.25, -0.2) is 4.79 Å². The second-order valence-corrected chi connectivity index (χ2v) is 5.47. The molecule has 0 aliphatic heterocycles. The zero-order valence-corrected chi connectivity index (χ0v) is 14.2. The first kappa shape index (κ1) is 17.2. The summed E-state index contributed by atoms with van der Waals surface area (Å²) in [7, 11) is 2.77. The number of hydrogen-bond donors (Lipinski definition) is 2. The van der Waals surface area contributed by atoms with Gasteiger partial charge in [0, 0.05) is 22.8 Å². The zero-order valence-electron chi connectivity index (χ0n) is 14.2. The molecule has 7 nitrogen and oxygen atoms in total. The number of H-pyrrole nitrogens is 1. The highest BCUT2D eigenvalue weighted by atomic mass is 16.5. The van der Waals surface area contributed by atoms with Gasteiger partial charge in [0.1, 0.15) is 11.3 Å². The summed E-state index contributed by atoms with van der Waals surface area (Å²) in [6.45, 7) is 0. The summed E-state index contributed by atoms with van der Waals surface area (Å²) in [5, 5.41) is 2.96. The second kappa shape index (κ2) is 7.10. The number of nitrogens with one attached hydrogen (secondary N) is 2. The van der Waals surface area contributed by atoms with Crippen molar-refractivity contribution < 1.29 is 19.1 Å². The van der Waals surface area contributed by atoms with Crippen molar-refractivity contribution in [3.8, 4) is 5.75 Å². The Morgan fingerprint density at radius 1 is 1.08 bits per heavy atom. The Labute approximate surface area is 148 Å². The molecule has 7 heteroatoms. The fourth-order valence-electron chi connectivity index (χ4n) is 2.53. The van der Waals surface area contributed by atoms with Crippen LogP contribution in [0.4, 0.5) is 5.69 Å². The molecule has 0 aliphatic rings. The number of aromatic nitrogens is 1. The number of rotatable bonds is 4. The van der Waals surface area contributed by atoms with Gasteiger partial charge in [-0.1, -0.05) is 6.07 Å². The normalized spacial score (nSPS) is 10.4. The number of carbonyl (C=O) groups is 2. The molecule has 0 fully saturated rings. The van der Waals surface area contributed by atoms with Crippen molar-refractivity contribution in [1.82, 2.24) is 4.98 Å². The van der Waals surface area contributed by atoms with E-state index in [0.29, 0.717) is 27.9 Å². The number of amides is 1. The van der Waals surface area contributed by atoms with Gasteiger partial charge < -0.3 is 19.8 Å². The molecule has 1 aromatic heterocycles. The van der Waals surface area contributed by atoms with E-state index < -0.39 is 17.3 Å². The van der Waals surface area contributed by atoms with Crippen LogP contribution in [0.2, 0.25) is 0 Å². The molecule has 2 N–H and O–H groups in total. The minimum Gasteiger partial charge on any atom is -0.497 e. The van der Waals surface area contributed by atoms with Crippen LogP contribution < -0.4 is 15.5 Å². The molecule has 1 heterocycles. The molecule has 0 saturated heterocycles. The maximum atomic E-state index is 12.6. The van der Waals surface area contributed by atoms with E-state index in [1.165, 1.54) is 26.5 Å². The van der Waals surface area contributed by atoms with Crippen molar-refractivity contribution in [2.24, 2.45) is 0 Å². The lowest BCUT2D eigenvalue weighted by Gasteiger charge is -2.08. The molecule has 0 unspecified atom stereocenters. The summed E-state index contributed by atoms with van der Waals surface area (Å²) in [5.41, 5.74) is 0.805. The summed E-state index contributed by atoms with van der Waals surface area (Å²) >= 11 is 0. The van der Waals surface area contributed by atoms with Crippen molar-refractivity contribution in [3.63, 3.8) is 0 Å². The number of anilines is 1. The van der Waals surface area contributed by atoms with Crippen molar-refractivity contribution in [2.45, 2.75) is 0 Å². The topological polar surface area (TPSA) is 97.5 Å². The number of esters is 1. The molecular formula is C19H16N2O5. The number of hydrogen-bond acceptors (Lipinski definition) is 5. The fraction of sp³-hybridized carbons (Fsp3) is 0.105. The van der Waals surface area contributed by atoms with Crippen molar-refractivity contribution >= 4 is 28.5 Å². The lowest BCUT2D eigenvalue weighted by Crippen LogP contribution is -2.22. The predicted molar refractivity (Wildman–Crippen MR) is 96.9 cm³/mol. The first-order valence-electron chi connectivity index (χ1n) is 7.72. The number of methoxy groups -OCH3 is 2. The smallest absolute Gasteiger partial charge is 0.337 e. The summed E-state index contributed by atoms with van der Waals surface area (Å²) in [6.07, 6.45) is 1.36. The van der Waals surface area contributed by atoms with E-state index in [2.05, 4.69) is 15.0 Å². The van der Waals surface area contributed by atoms with Gasteiger partial charge in [0.05, 0.1) is 19.8 Å². The van der Waals surface area contributed by atoms with Gasteiger partial charge in [0.15, 0.2) is 0 Å². The van der Waals surface area contributed by atoms with E-state index in [-0.39, 0.29) is 5.56 Å². The Kier molecular flexibility index (Phi) is 4.70. The molecule has 0 spiro atoms. The van der Waals surface area contributed by atoms with Gasteiger partial charge in [0.2, 0.25) is 5.43 Å². The Hall–Kier alpha value is -3.61. The summed E-state index contributed by atoms with van der Waals surface area (Å²) in [6, 6.07) is 11.3. The Morgan fingerprint density at radius 3 is 2.62 bits per heavy atom. The zero-order chi connectivity index (χ0) is 18.7. The van der Waals surface area contributed by atoms with Crippen LogP contribution in [0.25, 0.3) is 10.9 Å². The number of ether oxygens (including phenoxy) is 2. The van der Waals surface area contributed by atoms with Gasteiger partial charge in [-0.3, -0.25) is 9.59 Å². The molecule has 0 bridgehead atoms. The SMILES string of the molecule is COC(=O)c1cccc(NC(=O)c2c[nH]c3ccc(OC)cc3c2=O)c1. The molecule has 0 saturated carbocycles.